The van der Waals surface area contributed by atoms with Gasteiger partial charge in [-0.25, -0.2) is 14.4 Å². The maximum Gasteiger partial charge on any atom is 0.449 e. The molecule has 4 rings (SSSR count). The number of nitrogens with zero attached hydrogens (tertiary/aromatic N) is 4. The number of rotatable bonds is 6. The number of carbonyl (C=O) groups is 2. The van der Waals surface area contributed by atoms with Crippen molar-refractivity contribution in [1.29, 1.82) is 0 Å². The number of thiazole rings is 1. The first-order chi connectivity index (χ1) is 16.1. The second kappa shape index (κ2) is 9.21. The van der Waals surface area contributed by atoms with Crippen LogP contribution in [-0.2, 0) is 33.7 Å². The molecule has 0 saturated heterocycles. The van der Waals surface area contributed by atoms with Crippen molar-refractivity contribution in [3.05, 3.63) is 71.2 Å². The normalized spacial score (nSPS) is 11.6. The van der Waals surface area contributed by atoms with E-state index in [9.17, 15) is 27.2 Å². The van der Waals surface area contributed by atoms with Crippen molar-refractivity contribution in [2.24, 2.45) is 0 Å². The van der Waals surface area contributed by atoms with Gasteiger partial charge in [-0.1, -0.05) is 24.3 Å². The van der Waals surface area contributed by atoms with Gasteiger partial charge in [0.15, 0.2) is 5.13 Å². The second-order valence-electron chi connectivity index (χ2n) is 7.10. The highest BCUT2D eigenvalue weighted by molar-refractivity contribution is 7.14. The van der Waals surface area contributed by atoms with Crippen LogP contribution in [0.2, 0.25) is 0 Å². The number of esters is 1. The molecule has 7 nitrogen and oxygen atoms in total. The molecule has 176 valence electrons. The highest BCUT2D eigenvalue weighted by atomic mass is 32.1. The topological polar surface area (TPSA) is 77.3 Å². The zero-order chi connectivity index (χ0) is 24.5. The van der Waals surface area contributed by atoms with E-state index in [0.29, 0.717) is 0 Å². The molecule has 0 atom stereocenters. The molecular weight excluding hydrogens is 476 g/mol. The number of hydrogen-bond acceptors (Lipinski definition) is 6. The van der Waals surface area contributed by atoms with Gasteiger partial charge in [-0.05, 0) is 24.3 Å². The summed E-state index contributed by atoms with van der Waals surface area (Å²) in [6.45, 7) is 0.203. The lowest BCUT2D eigenvalue weighted by Gasteiger charge is -2.18. The van der Waals surface area contributed by atoms with E-state index in [1.54, 1.807) is 18.2 Å². The first-order valence-electron chi connectivity index (χ1n) is 9.83. The summed E-state index contributed by atoms with van der Waals surface area (Å²) in [4.78, 5) is 33.3. The summed E-state index contributed by atoms with van der Waals surface area (Å²) < 4.78 is 60.2. The average molecular weight is 492 g/mol. The summed E-state index contributed by atoms with van der Waals surface area (Å²) in [7, 11) is 0. The van der Waals surface area contributed by atoms with Gasteiger partial charge in [-0.3, -0.25) is 14.5 Å². The third kappa shape index (κ3) is 4.76. The van der Waals surface area contributed by atoms with Crippen molar-refractivity contribution >= 4 is 45.1 Å². The van der Waals surface area contributed by atoms with Crippen LogP contribution in [0.15, 0.2) is 53.9 Å². The van der Waals surface area contributed by atoms with Crippen LogP contribution in [-0.4, -0.2) is 26.4 Å². The van der Waals surface area contributed by atoms with Crippen LogP contribution in [0.4, 0.5) is 28.4 Å². The van der Waals surface area contributed by atoms with Crippen LogP contribution in [0.25, 0.3) is 11.0 Å². The average Bonchev–Trinajstić information content (AvgIpc) is 3.39. The highest BCUT2D eigenvalue weighted by Gasteiger charge is 2.38. The van der Waals surface area contributed by atoms with Gasteiger partial charge in [0.1, 0.15) is 19.0 Å². The zero-order valence-electron chi connectivity index (χ0n) is 17.5. The Morgan fingerprint density at radius 1 is 1.09 bits per heavy atom. The third-order valence-electron chi connectivity index (χ3n) is 4.72. The molecule has 2 aromatic heterocycles. The summed E-state index contributed by atoms with van der Waals surface area (Å²) in [6.07, 6.45) is -4.76. The van der Waals surface area contributed by atoms with Gasteiger partial charge in [-0.2, -0.15) is 13.2 Å². The minimum Gasteiger partial charge on any atom is -0.458 e. The Hall–Kier alpha value is -3.80. The Morgan fingerprint density at radius 2 is 1.79 bits per heavy atom. The number of hydrogen-bond donors (Lipinski definition) is 0. The Labute approximate surface area is 194 Å². The maximum absolute atomic E-state index is 14.2. The number of para-hydroxylation sites is 3. The van der Waals surface area contributed by atoms with E-state index < -0.39 is 36.2 Å². The van der Waals surface area contributed by atoms with E-state index >= 15 is 0 Å². The molecule has 0 aliphatic rings. The molecule has 0 N–H and O–H groups in total. The SMILES string of the molecule is CC(=O)N(c1nc(COC(=O)Cn2c(C(F)(F)F)nc3ccccc32)cs1)c1ccccc1F. The molecule has 0 fully saturated rings. The number of anilines is 2. The molecule has 0 spiro atoms. The fourth-order valence-electron chi connectivity index (χ4n) is 3.29. The molecule has 0 aliphatic heterocycles. The van der Waals surface area contributed by atoms with E-state index in [-0.39, 0.29) is 34.2 Å². The van der Waals surface area contributed by atoms with Gasteiger partial charge in [0, 0.05) is 12.3 Å². The van der Waals surface area contributed by atoms with E-state index in [2.05, 4.69) is 9.97 Å². The summed E-state index contributed by atoms with van der Waals surface area (Å²) in [5, 5.41) is 1.66. The Balaban J connectivity index is 1.49. The lowest BCUT2D eigenvalue weighted by molar-refractivity contribution is -0.151. The number of halogens is 4. The molecule has 0 saturated carbocycles. The summed E-state index contributed by atoms with van der Waals surface area (Å²) in [5.74, 6) is -3.23. The molecule has 2 aromatic carbocycles. The quantitative estimate of drug-likeness (QED) is 0.277. The molecule has 0 radical (unpaired) electrons. The minimum atomic E-state index is -4.76. The Bertz CT molecular complexity index is 1370. The van der Waals surface area contributed by atoms with Gasteiger partial charge in [-0.15, -0.1) is 11.3 Å². The number of benzene rings is 2. The number of amides is 1. The standard InChI is InChI=1S/C22H16F4N4O3S/c1-13(31)30(17-8-4-2-6-15(17)23)21-27-14(12-34-21)11-33-19(32)10-29-18-9-5-3-7-16(18)28-20(29)22(24,25)26/h2-9,12H,10-11H2,1H3. The molecule has 0 bridgehead atoms. The zero-order valence-corrected chi connectivity index (χ0v) is 18.4. The fraction of sp³-hybridized carbons (Fsp3) is 0.182. The smallest absolute Gasteiger partial charge is 0.449 e. The maximum atomic E-state index is 14.2. The van der Waals surface area contributed by atoms with Crippen LogP contribution in [0.1, 0.15) is 18.4 Å². The Morgan fingerprint density at radius 3 is 2.50 bits per heavy atom. The van der Waals surface area contributed by atoms with Gasteiger partial charge in [0.05, 0.1) is 22.4 Å². The van der Waals surface area contributed by atoms with Crippen LogP contribution in [0.3, 0.4) is 0 Å². The lowest BCUT2D eigenvalue weighted by atomic mass is 10.3. The summed E-state index contributed by atoms with van der Waals surface area (Å²) in [5.41, 5.74) is 0.510. The van der Waals surface area contributed by atoms with Crippen LogP contribution in [0, 0.1) is 5.82 Å². The molecule has 34 heavy (non-hydrogen) atoms. The fourth-order valence-corrected chi connectivity index (χ4v) is 4.15. The molecule has 2 heterocycles. The first-order valence-corrected chi connectivity index (χ1v) is 10.7. The van der Waals surface area contributed by atoms with Crippen molar-refractivity contribution in [3.63, 3.8) is 0 Å². The van der Waals surface area contributed by atoms with Crippen molar-refractivity contribution in [1.82, 2.24) is 14.5 Å². The number of aromatic nitrogens is 3. The molecule has 0 unspecified atom stereocenters. The molecule has 4 aromatic rings. The van der Waals surface area contributed by atoms with Crippen molar-refractivity contribution in [2.45, 2.75) is 26.3 Å². The highest BCUT2D eigenvalue weighted by Crippen LogP contribution is 2.32. The van der Waals surface area contributed by atoms with Crippen LogP contribution in [0.5, 0.6) is 0 Å². The predicted molar refractivity (Wildman–Crippen MR) is 116 cm³/mol. The number of imidazole rings is 1. The van der Waals surface area contributed by atoms with Crippen molar-refractivity contribution in [2.75, 3.05) is 4.90 Å². The largest absolute Gasteiger partial charge is 0.458 e. The summed E-state index contributed by atoms with van der Waals surface area (Å²) >= 11 is 1.03. The number of alkyl halides is 3. The molecule has 12 heteroatoms. The number of carbonyl (C=O) groups excluding carboxylic acids is 2. The lowest BCUT2D eigenvalue weighted by Crippen LogP contribution is -2.23. The predicted octanol–water partition coefficient (Wildman–Crippen LogP) is 5.08. The number of ether oxygens (including phenoxy) is 1. The van der Waals surface area contributed by atoms with Gasteiger partial charge in [0.25, 0.3) is 0 Å². The molecule has 0 aliphatic carbocycles. The summed E-state index contributed by atoms with van der Waals surface area (Å²) in [6, 6.07) is 11.6. The van der Waals surface area contributed by atoms with E-state index in [0.717, 1.165) is 20.8 Å². The number of fused-ring (bicyclic) bond motifs is 1. The van der Waals surface area contributed by atoms with Gasteiger partial charge < -0.3 is 9.30 Å². The van der Waals surface area contributed by atoms with Crippen LogP contribution >= 0.6 is 11.3 Å². The second-order valence-corrected chi connectivity index (χ2v) is 7.93. The van der Waals surface area contributed by atoms with Gasteiger partial charge >= 0.3 is 12.1 Å². The van der Waals surface area contributed by atoms with Crippen molar-refractivity contribution < 1.29 is 31.9 Å². The Kier molecular flexibility index (Phi) is 6.33. The van der Waals surface area contributed by atoms with Gasteiger partial charge in [0.2, 0.25) is 11.7 Å². The molecular formula is C22H16F4N4O3S. The van der Waals surface area contributed by atoms with E-state index in [4.69, 9.17) is 4.74 Å². The minimum absolute atomic E-state index is 0.0135. The monoisotopic (exact) mass is 492 g/mol. The third-order valence-corrected chi connectivity index (χ3v) is 5.59. The van der Waals surface area contributed by atoms with Crippen LogP contribution < -0.4 is 4.90 Å². The van der Waals surface area contributed by atoms with Crippen molar-refractivity contribution in [3.8, 4) is 0 Å². The molecule has 1 amide bonds. The van der Waals surface area contributed by atoms with E-state index in [1.807, 2.05) is 0 Å². The first kappa shape index (κ1) is 23.4. The van der Waals surface area contributed by atoms with E-state index in [1.165, 1.54) is 42.6 Å².